The molecule has 31 heavy (non-hydrogen) atoms. The molecule has 0 spiro atoms. The maximum Gasteiger partial charge on any atom is 0.274 e. The number of para-hydroxylation sites is 2. The number of rotatable bonds is 4. The molecule has 3 aromatic carbocycles. The van der Waals surface area contributed by atoms with Gasteiger partial charge in [-0.3, -0.25) is 4.79 Å². The van der Waals surface area contributed by atoms with Crippen LogP contribution in [0.4, 0.5) is 4.39 Å². The second kappa shape index (κ2) is 8.18. The maximum absolute atomic E-state index is 13.9. The molecule has 0 fully saturated rings. The van der Waals surface area contributed by atoms with Gasteiger partial charge in [0.05, 0.1) is 24.5 Å². The van der Waals surface area contributed by atoms with Crippen molar-refractivity contribution in [3.05, 3.63) is 101 Å². The number of aromatic nitrogens is 2. The summed E-state index contributed by atoms with van der Waals surface area (Å²) in [6.45, 7) is 0.104. The summed E-state index contributed by atoms with van der Waals surface area (Å²) in [7, 11) is 0. The number of hydrogen-bond acceptors (Lipinski definition) is 4. The second-order valence-corrected chi connectivity index (χ2v) is 9.55. The van der Waals surface area contributed by atoms with Crippen LogP contribution in [0.3, 0.4) is 0 Å². The number of fused-ring (bicyclic) bond motifs is 3. The predicted octanol–water partition coefficient (Wildman–Crippen LogP) is 5.70. The molecule has 0 saturated heterocycles. The van der Waals surface area contributed by atoms with E-state index >= 15 is 0 Å². The first kappa shape index (κ1) is 20.4. The Kier molecular flexibility index (Phi) is 5.37. The van der Waals surface area contributed by atoms with Crippen molar-refractivity contribution < 1.29 is 9.13 Å². The molecule has 0 amide bonds. The molecule has 8 heteroatoms. The van der Waals surface area contributed by atoms with E-state index in [1.807, 2.05) is 42.5 Å². The van der Waals surface area contributed by atoms with Gasteiger partial charge in [0.15, 0.2) is 4.96 Å². The summed E-state index contributed by atoms with van der Waals surface area (Å²) >= 11 is 8.39. The Morgan fingerprint density at radius 1 is 1.06 bits per heavy atom. The summed E-state index contributed by atoms with van der Waals surface area (Å²) in [4.78, 5) is 18.2. The van der Waals surface area contributed by atoms with Gasteiger partial charge in [-0.2, -0.15) is 0 Å². The topological polar surface area (TPSA) is 43.6 Å². The van der Waals surface area contributed by atoms with E-state index in [4.69, 9.17) is 4.74 Å². The summed E-state index contributed by atoms with van der Waals surface area (Å²) in [5.74, 6) is 0.257. The van der Waals surface area contributed by atoms with Crippen LogP contribution in [0.2, 0.25) is 0 Å². The molecule has 5 aromatic rings. The number of thiazole rings is 1. The molecule has 0 atom stereocenters. The molecule has 0 bridgehead atoms. The van der Waals surface area contributed by atoms with E-state index in [1.54, 1.807) is 22.6 Å². The van der Waals surface area contributed by atoms with Crippen molar-refractivity contribution in [3.8, 4) is 5.75 Å². The highest BCUT2D eigenvalue weighted by molar-refractivity contribution is 9.11. The monoisotopic (exact) mass is 558 g/mol. The third-order valence-electron chi connectivity index (χ3n) is 4.79. The van der Waals surface area contributed by atoms with Gasteiger partial charge in [0.1, 0.15) is 18.2 Å². The Morgan fingerprint density at radius 2 is 1.77 bits per heavy atom. The molecule has 0 aliphatic rings. The fraction of sp³-hybridized carbons (Fsp3) is 0.0435. The fourth-order valence-electron chi connectivity index (χ4n) is 3.33. The van der Waals surface area contributed by atoms with Crippen molar-refractivity contribution in [2.24, 2.45) is 0 Å². The number of nitrogens with zero attached hydrogens (tertiary/aromatic N) is 2. The highest BCUT2D eigenvalue weighted by atomic mass is 79.9. The third-order valence-corrected chi connectivity index (χ3v) is 6.94. The van der Waals surface area contributed by atoms with E-state index in [-0.39, 0.29) is 18.0 Å². The summed E-state index contributed by atoms with van der Waals surface area (Å²) in [5, 5.41) is 0. The molecule has 0 aliphatic carbocycles. The van der Waals surface area contributed by atoms with Crippen LogP contribution in [0.25, 0.3) is 22.1 Å². The normalized spacial score (nSPS) is 12.2. The number of benzene rings is 3. The van der Waals surface area contributed by atoms with Crippen molar-refractivity contribution in [1.82, 2.24) is 9.38 Å². The largest absolute Gasteiger partial charge is 0.486 e. The first-order chi connectivity index (χ1) is 15.0. The van der Waals surface area contributed by atoms with Crippen molar-refractivity contribution in [1.29, 1.82) is 0 Å². The average Bonchev–Trinajstić information content (AvgIpc) is 3.25. The highest BCUT2D eigenvalue weighted by Gasteiger charge is 2.13. The third kappa shape index (κ3) is 3.79. The summed E-state index contributed by atoms with van der Waals surface area (Å²) in [6, 6.07) is 17.8. The standard InChI is InChI=1S/C23H13Br2FN2O2S/c24-15-9-13(10-16(25)21(15)30-12-14-5-1-2-6-17(14)26)11-20-22(29)28-19-8-4-3-7-18(19)27-23(28)31-20/h1-11H,12H2/b20-11-. The zero-order valence-electron chi connectivity index (χ0n) is 15.8. The van der Waals surface area contributed by atoms with Crippen LogP contribution >= 0.6 is 43.2 Å². The molecule has 0 saturated carbocycles. The summed E-state index contributed by atoms with van der Waals surface area (Å²) in [6.07, 6.45) is 1.83. The van der Waals surface area contributed by atoms with E-state index in [2.05, 4.69) is 36.8 Å². The Balaban J connectivity index is 1.50. The van der Waals surface area contributed by atoms with Crippen molar-refractivity contribution in [2.45, 2.75) is 6.61 Å². The molecule has 0 radical (unpaired) electrons. The van der Waals surface area contributed by atoms with Gasteiger partial charge in [-0.25, -0.2) is 13.8 Å². The van der Waals surface area contributed by atoms with Gasteiger partial charge < -0.3 is 4.74 Å². The molecule has 0 unspecified atom stereocenters. The van der Waals surface area contributed by atoms with Crippen LogP contribution in [0.15, 0.2) is 74.4 Å². The van der Waals surface area contributed by atoms with Crippen LogP contribution in [-0.4, -0.2) is 9.38 Å². The molecule has 0 N–H and O–H groups in total. The predicted molar refractivity (Wildman–Crippen MR) is 128 cm³/mol. The van der Waals surface area contributed by atoms with Gasteiger partial charge in [-0.15, -0.1) is 0 Å². The van der Waals surface area contributed by atoms with Gasteiger partial charge in [-0.1, -0.05) is 41.7 Å². The van der Waals surface area contributed by atoms with Gasteiger partial charge in [0.2, 0.25) is 0 Å². The van der Waals surface area contributed by atoms with Gasteiger partial charge in [0, 0.05) is 5.56 Å². The lowest BCUT2D eigenvalue weighted by Crippen LogP contribution is -2.22. The molecule has 4 nitrogen and oxygen atoms in total. The Hall–Kier alpha value is -2.55. The molecule has 2 aromatic heterocycles. The number of halogens is 3. The molecular weight excluding hydrogens is 547 g/mol. The van der Waals surface area contributed by atoms with Gasteiger partial charge in [0.25, 0.3) is 5.56 Å². The zero-order valence-corrected chi connectivity index (χ0v) is 19.8. The lowest BCUT2D eigenvalue weighted by atomic mass is 10.2. The first-order valence-electron chi connectivity index (χ1n) is 9.28. The van der Waals surface area contributed by atoms with E-state index in [9.17, 15) is 9.18 Å². The minimum Gasteiger partial charge on any atom is -0.486 e. The SMILES string of the molecule is O=c1/c(=C/c2cc(Br)c(OCc3ccccc3F)c(Br)c2)sc2nc3ccccc3n12. The van der Waals surface area contributed by atoms with Crippen molar-refractivity contribution >= 4 is 65.3 Å². The van der Waals surface area contributed by atoms with Crippen LogP contribution in [0, 0.1) is 5.82 Å². The lowest BCUT2D eigenvalue weighted by molar-refractivity contribution is 0.296. The molecule has 2 heterocycles. The van der Waals surface area contributed by atoms with Crippen LogP contribution < -0.4 is 14.8 Å². The number of ether oxygens (including phenoxy) is 1. The molecular formula is C23H13Br2FN2O2S. The number of imidazole rings is 1. The zero-order chi connectivity index (χ0) is 21.5. The van der Waals surface area contributed by atoms with E-state index in [0.29, 0.717) is 29.8 Å². The van der Waals surface area contributed by atoms with Crippen LogP contribution in [0.1, 0.15) is 11.1 Å². The minimum absolute atomic E-state index is 0.0965. The van der Waals surface area contributed by atoms with Crippen molar-refractivity contribution in [2.75, 3.05) is 0 Å². The lowest BCUT2D eigenvalue weighted by Gasteiger charge is -2.12. The van der Waals surface area contributed by atoms with E-state index in [1.165, 1.54) is 17.4 Å². The number of hydrogen-bond donors (Lipinski definition) is 0. The minimum atomic E-state index is -0.307. The summed E-state index contributed by atoms with van der Waals surface area (Å²) < 4.78 is 23.3. The average molecular weight is 560 g/mol. The van der Waals surface area contributed by atoms with E-state index < -0.39 is 0 Å². The first-order valence-corrected chi connectivity index (χ1v) is 11.7. The molecule has 5 rings (SSSR count). The summed E-state index contributed by atoms with van der Waals surface area (Å²) in [5.41, 5.74) is 2.81. The van der Waals surface area contributed by atoms with Gasteiger partial charge in [-0.05, 0) is 73.8 Å². The second-order valence-electron chi connectivity index (χ2n) is 6.83. The van der Waals surface area contributed by atoms with E-state index in [0.717, 1.165) is 16.6 Å². The Bertz CT molecular complexity index is 1540. The quantitative estimate of drug-likeness (QED) is 0.284. The Morgan fingerprint density at radius 3 is 2.55 bits per heavy atom. The molecule has 0 aliphatic heterocycles. The molecule has 154 valence electrons. The van der Waals surface area contributed by atoms with Crippen molar-refractivity contribution in [3.63, 3.8) is 0 Å². The Labute approximate surface area is 196 Å². The van der Waals surface area contributed by atoms with Gasteiger partial charge >= 0.3 is 0 Å². The smallest absolute Gasteiger partial charge is 0.274 e. The highest BCUT2D eigenvalue weighted by Crippen LogP contribution is 2.35. The maximum atomic E-state index is 13.9. The fourth-order valence-corrected chi connectivity index (χ4v) is 5.77. The van der Waals surface area contributed by atoms with Crippen LogP contribution in [0.5, 0.6) is 5.75 Å². The van der Waals surface area contributed by atoms with Crippen LogP contribution in [-0.2, 0) is 6.61 Å².